The Hall–Kier alpha value is -2.43. The van der Waals surface area contributed by atoms with Gasteiger partial charge in [0.1, 0.15) is 11.6 Å². The van der Waals surface area contributed by atoms with E-state index >= 15 is 0 Å². The minimum absolute atomic E-state index is 0.386. The summed E-state index contributed by atoms with van der Waals surface area (Å²) in [5.74, 6) is 0.0558. The molecule has 0 unspecified atom stereocenters. The van der Waals surface area contributed by atoms with Crippen LogP contribution in [0.15, 0.2) is 36.5 Å². The molecule has 0 aliphatic rings. The van der Waals surface area contributed by atoms with E-state index in [1.54, 1.807) is 24.4 Å². The van der Waals surface area contributed by atoms with Crippen molar-refractivity contribution >= 4 is 16.9 Å². The second kappa shape index (κ2) is 3.55. The molecule has 0 amide bonds. The zero-order valence-corrected chi connectivity index (χ0v) is 8.81. The van der Waals surface area contributed by atoms with Crippen LogP contribution in [0, 0.1) is 5.82 Å². The molecule has 17 heavy (non-hydrogen) atoms. The van der Waals surface area contributed by atoms with Crippen LogP contribution < -0.4 is 5.73 Å². The summed E-state index contributed by atoms with van der Waals surface area (Å²) in [6, 6.07) is 8.15. The van der Waals surface area contributed by atoms with Crippen LogP contribution in [0.4, 0.5) is 10.1 Å². The third kappa shape index (κ3) is 1.61. The highest BCUT2D eigenvalue weighted by atomic mass is 19.1. The Balaban J connectivity index is 2.20. The second-order valence-electron chi connectivity index (χ2n) is 3.70. The summed E-state index contributed by atoms with van der Waals surface area (Å²) in [6.45, 7) is 0. The molecule has 3 rings (SSSR count). The van der Waals surface area contributed by atoms with Crippen LogP contribution in [0.25, 0.3) is 22.6 Å². The summed E-state index contributed by atoms with van der Waals surface area (Å²) >= 11 is 0. The number of halogens is 1. The highest BCUT2D eigenvalue weighted by molar-refractivity contribution is 5.76. The van der Waals surface area contributed by atoms with E-state index in [1.807, 2.05) is 6.07 Å². The maximum Gasteiger partial charge on any atom is 0.178 e. The predicted molar refractivity (Wildman–Crippen MR) is 63.7 cm³/mol. The Bertz CT molecular complexity index is 657. The third-order valence-electron chi connectivity index (χ3n) is 2.51. The SMILES string of the molecule is Nc1ccc(-c2nc3ncccc3[nH]2)c(F)c1. The Morgan fingerprint density at radius 3 is 2.88 bits per heavy atom. The fourth-order valence-electron chi connectivity index (χ4n) is 1.70. The second-order valence-corrected chi connectivity index (χ2v) is 3.70. The van der Waals surface area contributed by atoms with Crippen LogP contribution in [0.2, 0.25) is 0 Å². The van der Waals surface area contributed by atoms with Crippen molar-refractivity contribution in [3.63, 3.8) is 0 Å². The van der Waals surface area contributed by atoms with Gasteiger partial charge in [-0.2, -0.15) is 0 Å². The number of aromatic nitrogens is 3. The highest BCUT2D eigenvalue weighted by Gasteiger charge is 2.10. The van der Waals surface area contributed by atoms with Crippen molar-refractivity contribution in [2.75, 3.05) is 5.73 Å². The summed E-state index contributed by atoms with van der Waals surface area (Å²) in [7, 11) is 0. The maximum atomic E-state index is 13.7. The Labute approximate surface area is 96.3 Å². The predicted octanol–water partition coefficient (Wildman–Crippen LogP) is 2.35. The molecule has 0 saturated heterocycles. The third-order valence-corrected chi connectivity index (χ3v) is 2.51. The lowest BCUT2D eigenvalue weighted by Gasteiger charge is -1.99. The van der Waals surface area contributed by atoms with Gasteiger partial charge in [-0.25, -0.2) is 14.4 Å². The molecule has 3 aromatic rings. The molecule has 0 fully saturated rings. The number of pyridine rings is 1. The van der Waals surface area contributed by atoms with Crippen LogP contribution in [-0.2, 0) is 0 Å². The van der Waals surface area contributed by atoms with Gasteiger partial charge in [0.15, 0.2) is 5.65 Å². The first-order chi connectivity index (χ1) is 8.24. The number of anilines is 1. The quantitative estimate of drug-likeness (QED) is 0.628. The molecule has 0 saturated carbocycles. The normalized spacial score (nSPS) is 10.9. The van der Waals surface area contributed by atoms with E-state index in [0.717, 1.165) is 5.52 Å². The minimum atomic E-state index is -0.399. The smallest absolute Gasteiger partial charge is 0.178 e. The average Bonchev–Trinajstić information content (AvgIpc) is 2.72. The van der Waals surface area contributed by atoms with Crippen molar-refractivity contribution in [3.05, 3.63) is 42.3 Å². The van der Waals surface area contributed by atoms with Crippen LogP contribution in [0.5, 0.6) is 0 Å². The van der Waals surface area contributed by atoms with Crippen LogP contribution in [0.1, 0.15) is 0 Å². The van der Waals surface area contributed by atoms with Gasteiger partial charge >= 0.3 is 0 Å². The zero-order valence-electron chi connectivity index (χ0n) is 8.81. The molecule has 3 N–H and O–H groups in total. The standard InChI is InChI=1S/C12H9FN4/c13-9-6-7(14)3-4-8(9)11-16-10-2-1-5-15-12(10)17-11/h1-6H,14H2,(H,15,16,17). The number of nitrogens with zero attached hydrogens (tertiary/aromatic N) is 2. The molecule has 4 nitrogen and oxygen atoms in total. The molecule has 0 radical (unpaired) electrons. The molecular weight excluding hydrogens is 219 g/mol. The molecule has 5 heteroatoms. The van der Waals surface area contributed by atoms with Crippen molar-refractivity contribution in [2.24, 2.45) is 0 Å². The Morgan fingerprint density at radius 2 is 2.12 bits per heavy atom. The molecule has 1 aromatic carbocycles. The largest absolute Gasteiger partial charge is 0.399 e. The lowest BCUT2D eigenvalue weighted by Crippen LogP contribution is -1.90. The number of imidazole rings is 1. The number of aromatic amines is 1. The van der Waals surface area contributed by atoms with Gasteiger partial charge in [0.2, 0.25) is 0 Å². The first kappa shape index (κ1) is 9.77. The highest BCUT2D eigenvalue weighted by Crippen LogP contribution is 2.23. The monoisotopic (exact) mass is 228 g/mol. The molecule has 0 bridgehead atoms. The fraction of sp³-hybridized carbons (Fsp3) is 0. The van der Waals surface area contributed by atoms with E-state index in [9.17, 15) is 4.39 Å². The van der Waals surface area contributed by atoms with Gasteiger partial charge in [-0.3, -0.25) is 0 Å². The van der Waals surface area contributed by atoms with Crippen molar-refractivity contribution in [1.82, 2.24) is 15.0 Å². The lowest BCUT2D eigenvalue weighted by atomic mass is 10.2. The average molecular weight is 228 g/mol. The molecular formula is C12H9FN4. The molecule has 84 valence electrons. The van der Waals surface area contributed by atoms with E-state index in [0.29, 0.717) is 22.7 Å². The van der Waals surface area contributed by atoms with Crippen molar-refractivity contribution in [2.45, 2.75) is 0 Å². The summed E-state index contributed by atoms with van der Waals surface area (Å²) in [6.07, 6.45) is 1.65. The number of hydrogen-bond donors (Lipinski definition) is 2. The number of rotatable bonds is 1. The van der Waals surface area contributed by atoms with E-state index in [-0.39, 0.29) is 0 Å². The van der Waals surface area contributed by atoms with Gasteiger partial charge in [0, 0.05) is 11.9 Å². The number of nitrogens with one attached hydrogen (secondary N) is 1. The van der Waals surface area contributed by atoms with Gasteiger partial charge in [-0.1, -0.05) is 0 Å². The maximum absolute atomic E-state index is 13.7. The molecule has 0 atom stereocenters. The first-order valence-corrected chi connectivity index (χ1v) is 5.10. The van der Waals surface area contributed by atoms with E-state index in [4.69, 9.17) is 5.73 Å². The van der Waals surface area contributed by atoms with E-state index in [1.165, 1.54) is 6.07 Å². The van der Waals surface area contributed by atoms with Crippen molar-refractivity contribution in [1.29, 1.82) is 0 Å². The number of fused-ring (bicyclic) bond motifs is 1. The zero-order chi connectivity index (χ0) is 11.8. The molecule has 0 aliphatic heterocycles. The van der Waals surface area contributed by atoms with Gasteiger partial charge in [-0.15, -0.1) is 0 Å². The molecule has 2 aromatic heterocycles. The Morgan fingerprint density at radius 1 is 1.24 bits per heavy atom. The minimum Gasteiger partial charge on any atom is -0.399 e. The van der Waals surface area contributed by atoms with Crippen molar-refractivity contribution in [3.8, 4) is 11.4 Å². The van der Waals surface area contributed by atoms with Crippen LogP contribution in [-0.4, -0.2) is 15.0 Å². The van der Waals surface area contributed by atoms with E-state index in [2.05, 4.69) is 15.0 Å². The van der Waals surface area contributed by atoms with Gasteiger partial charge < -0.3 is 10.7 Å². The first-order valence-electron chi connectivity index (χ1n) is 5.10. The molecule has 0 aliphatic carbocycles. The summed E-state index contributed by atoms with van der Waals surface area (Å²) in [5.41, 5.74) is 7.62. The summed E-state index contributed by atoms with van der Waals surface area (Å²) in [4.78, 5) is 11.3. The number of H-pyrrole nitrogens is 1. The molecule has 0 spiro atoms. The van der Waals surface area contributed by atoms with Gasteiger partial charge in [0.05, 0.1) is 11.1 Å². The molecule has 2 heterocycles. The number of benzene rings is 1. The van der Waals surface area contributed by atoms with Gasteiger partial charge in [-0.05, 0) is 30.3 Å². The lowest BCUT2D eigenvalue weighted by molar-refractivity contribution is 0.631. The number of nitrogens with two attached hydrogens (primary N) is 1. The Kier molecular flexibility index (Phi) is 2.04. The van der Waals surface area contributed by atoms with Crippen molar-refractivity contribution < 1.29 is 4.39 Å². The van der Waals surface area contributed by atoms with Crippen LogP contribution >= 0.6 is 0 Å². The summed E-state index contributed by atoms with van der Waals surface area (Å²) in [5, 5.41) is 0. The summed E-state index contributed by atoms with van der Waals surface area (Å²) < 4.78 is 13.7. The van der Waals surface area contributed by atoms with E-state index < -0.39 is 5.82 Å². The topological polar surface area (TPSA) is 67.6 Å². The van der Waals surface area contributed by atoms with Gasteiger partial charge in [0.25, 0.3) is 0 Å². The van der Waals surface area contributed by atoms with Crippen LogP contribution in [0.3, 0.4) is 0 Å². The number of nitrogen functional groups attached to an aromatic ring is 1. The fourth-order valence-corrected chi connectivity index (χ4v) is 1.70. The number of hydrogen-bond acceptors (Lipinski definition) is 3.